The molecule has 1 radical (unpaired) electrons. The molecule has 0 saturated heterocycles. The molecular formula is C23H23F2N4O. The minimum absolute atomic E-state index is 0.0927. The van der Waals surface area contributed by atoms with E-state index in [1.54, 1.807) is 10.9 Å². The number of benzene rings is 1. The summed E-state index contributed by atoms with van der Waals surface area (Å²) in [5, 5.41) is 4.39. The van der Waals surface area contributed by atoms with Crippen molar-refractivity contribution in [2.24, 2.45) is 7.05 Å². The second-order valence-electron chi connectivity index (χ2n) is 7.26. The largest absolute Gasteiger partial charge is 0.489 e. The minimum Gasteiger partial charge on any atom is -0.489 e. The van der Waals surface area contributed by atoms with Crippen LogP contribution in [-0.4, -0.2) is 25.8 Å². The van der Waals surface area contributed by atoms with Gasteiger partial charge in [0.1, 0.15) is 5.65 Å². The molecule has 0 atom stereocenters. The van der Waals surface area contributed by atoms with E-state index >= 15 is 0 Å². The molecule has 0 amide bonds. The normalized spacial score (nSPS) is 11.4. The van der Waals surface area contributed by atoms with E-state index < -0.39 is 11.6 Å². The van der Waals surface area contributed by atoms with E-state index in [1.165, 1.54) is 6.07 Å². The molecule has 0 aliphatic carbocycles. The summed E-state index contributed by atoms with van der Waals surface area (Å²) in [5.74, 6) is -2.02. The number of fused-ring (bicyclic) bond motifs is 1. The molecule has 5 nitrogen and oxygen atoms in total. The van der Waals surface area contributed by atoms with E-state index in [-0.39, 0.29) is 12.4 Å². The number of hydrogen-bond donors (Lipinski definition) is 0. The number of ether oxygens (including phenoxy) is 1. The zero-order valence-corrected chi connectivity index (χ0v) is 17.2. The standard InChI is InChI=1S/C23H23F2N4O/c1-5-17-12-26-21-9-6-16(13-29(17)21)19-7-8-20(24)22(25)23(19)30-11-10-18-14(2)27-28(4)15(18)3/h6-9,12-13H,1,5,10-11H2,2-4H3. The topological polar surface area (TPSA) is 44.4 Å². The van der Waals surface area contributed by atoms with E-state index in [2.05, 4.69) is 17.0 Å². The van der Waals surface area contributed by atoms with Crippen molar-refractivity contribution in [3.8, 4) is 16.9 Å². The predicted molar refractivity (Wildman–Crippen MR) is 111 cm³/mol. The Kier molecular flexibility index (Phi) is 5.28. The van der Waals surface area contributed by atoms with Gasteiger partial charge >= 0.3 is 0 Å². The number of rotatable bonds is 6. The Morgan fingerprint density at radius 2 is 1.93 bits per heavy atom. The van der Waals surface area contributed by atoms with Gasteiger partial charge in [0.25, 0.3) is 0 Å². The third kappa shape index (κ3) is 3.44. The fourth-order valence-electron chi connectivity index (χ4n) is 3.71. The lowest BCUT2D eigenvalue weighted by Gasteiger charge is -2.14. The van der Waals surface area contributed by atoms with Gasteiger partial charge in [0, 0.05) is 48.4 Å². The second-order valence-corrected chi connectivity index (χ2v) is 7.26. The van der Waals surface area contributed by atoms with Crippen molar-refractivity contribution in [3.63, 3.8) is 0 Å². The third-order valence-corrected chi connectivity index (χ3v) is 5.46. The van der Waals surface area contributed by atoms with Gasteiger partial charge in [-0.25, -0.2) is 9.37 Å². The van der Waals surface area contributed by atoms with Crippen molar-refractivity contribution in [3.05, 3.63) is 77.9 Å². The van der Waals surface area contributed by atoms with Crippen LogP contribution in [0.3, 0.4) is 0 Å². The van der Waals surface area contributed by atoms with Crippen LogP contribution in [0.2, 0.25) is 0 Å². The van der Waals surface area contributed by atoms with Crippen LogP contribution in [0.5, 0.6) is 5.75 Å². The van der Waals surface area contributed by atoms with Crippen LogP contribution in [0.15, 0.2) is 36.7 Å². The second kappa shape index (κ2) is 7.89. The van der Waals surface area contributed by atoms with Crippen LogP contribution < -0.4 is 4.74 Å². The summed E-state index contributed by atoms with van der Waals surface area (Å²) in [5.41, 5.74) is 5.88. The summed E-state index contributed by atoms with van der Waals surface area (Å²) in [6.07, 6.45) is 4.72. The smallest absolute Gasteiger partial charge is 0.201 e. The van der Waals surface area contributed by atoms with Crippen molar-refractivity contribution in [2.75, 3.05) is 6.61 Å². The lowest BCUT2D eigenvalue weighted by molar-refractivity contribution is 0.300. The van der Waals surface area contributed by atoms with Crippen molar-refractivity contribution >= 4 is 5.65 Å². The number of aromatic nitrogens is 4. The highest BCUT2D eigenvalue weighted by Gasteiger charge is 2.18. The van der Waals surface area contributed by atoms with Crippen molar-refractivity contribution in [1.29, 1.82) is 0 Å². The Hall–Kier alpha value is -3.22. The van der Waals surface area contributed by atoms with Gasteiger partial charge in [-0.15, -0.1) is 0 Å². The third-order valence-electron chi connectivity index (χ3n) is 5.46. The molecule has 0 unspecified atom stereocenters. The zero-order chi connectivity index (χ0) is 21.4. The Bertz CT molecular complexity index is 1230. The van der Waals surface area contributed by atoms with Crippen LogP contribution >= 0.6 is 0 Å². The molecule has 4 rings (SSSR count). The lowest BCUT2D eigenvalue weighted by atomic mass is 10.1. The Balaban J connectivity index is 1.67. The summed E-state index contributed by atoms with van der Waals surface area (Å²) in [6.45, 7) is 8.02. The van der Waals surface area contributed by atoms with E-state index in [0.29, 0.717) is 24.0 Å². The van der Waals surface area contributed by atoms with Gasteiger partial charge in [-0.2, -0.15) is 9.49 Å². The minimum atomic E-state index is -0.991. The maximum Gasteiger partial charge on any atom is 0.201 e. The molecule has 4 aromatic rings. The van der Waals surface area contributed by atoms with Crippen molar-refractivity contribution < 1.29 is 13.5 Å². The first-order valence-corrected chi connectivity index (χ1v) is 9.76. The van der Waals surface area contributed by atoms with Crippen LogP contribution in [-0.2, 0) is 19.9 Å². The van der Waals surface area contributed by atoms with Crippen molar-refractivity contribution in [2.45, 2.75) is 26.7 Å². The number of imidazole rings is 1. The fourth-order valence-corrected chi connectivity index (χ4v) is 3.71. The molecule has 0 fully saturated rings. The number of halogens is 2. The van der Waals surface area contributed by atoms with Gasteiger partial charge in [0.15, 0.2) is 11.6 Å². The van der Waals surface area contributed by atoms with Gasteiger partial charge in [-0.1, -0.05) is 0 Å². The molecule has 1 aromatic carbocycles. The van der Waals surface area contributed by atoms with Crippen molar-refractivity contribution in [1.82, 2.24) is 19.2 Å². The number of nitrogens with zero attached hydrogens (tertiary/aromatic N) is 4. The molecule has 0 aliphatic heterocycles. The highest BCUT2D eigenvalue weighted by molar-refractivity contribution is 5.71. The van der Waals surface area contributed by atoms with E-state index in [4.69, 9.17) is 4.74 Å². The van der Waals surface area contributed by atoms with Gasteiger partial charge in [0.05, 0.1) is 12.3 Å². The average molecular weight is 409 g/mol. The Morgan fingerprint density at radius 3 is 2.63 bits per heavy atom. The summed E-state index contributed by atoms with van der Waals surface area (Å²) in [7, 11) is 1.88. The first-order valence-electron chi connectivity index (χ1n) is 9.76. The maximum absolute atomic E-state index is 14.7. The monoisotopic (exact) mass is 409 g/mol. The van der Waals surface area contributed by atoms with E-state index in [9.17, 15) is 8.78 Å². The zero-order valence-electron chi connectivity index (χ0n) is 17.2. The molecule has 0 bridgehead atoms. The number of pyridine rings is 1. The SMILES string of the molecule is [CH2]Cc1cnc2ccc(-c3ccc(F)c(F)c3OCCc3c(C)nn(C)c3C)cn12. The fraction of sp³-hybridized carbons (Fsp3) is 0.261. The molecule has 0 aliphatic rings. The first-order chi connectivity index (χ1) is 14.4. The highest BCUT2D eigenvalue weighted by Crippen LogP contribution is 2.34. The van der Waals surface area contributed by atoms with E-state index in [0.717, 1.165) is 34.4 Å². The van der Waals surface area contributed by atoms with Crippen LogP contribution in [0.1, 0.15) is 22.6 Å². The molecule has 3 heterocycles. The summed E-state index contributed by atoms with van der Waals surface area (Å²) >= 11 is 0. The predicted octanol–water partition coefficient (Wildman–Crippen LogP) is 4.63. The molecular weight excluding hydrogens is 386 g/mol. The van der Waals surface area contributed by atoms with Gasteiger partial charge in [0.2, 0.25) is 5.82 Å². The molecule has 155 valence electrons. The molecule has 0 saturated carbocycles. The Morgan fingerprint density at radius 1 is 1.13 bits per heavy atom. The quantitative estimate of drug-likeness (QED) is 0.467. The lowest BCUT2D eigenvalue weighted by Crippen LogP contribution is -2.07. The average Bonchev–Trinajstić information content (AvgIpc) is 3.25. The number of hydrogen-bond acceptors (Lipinski definition) is 3. The molecule has 0 N–H and O–H groups in total. The molecule has 30 heavy (non-hydrogen) atoms. The maximum atomic E-state index is 14.7. The molecule has 3 aromatic heterocycles. The van der Waals surface area contributed by atoms with Crippen LogP contribution in [0.25, 0.3) is 16.8 Å². The van der Waals surface area contributed by atoms with Crippen LogP contribution in [0.4, 0.5) is 8.78 Å². The highest BCUT2D eigenvalue weighted by atomic mass is 19.2. The first kappa shape index (κ1) is 20.1. The number of aryl methyl sites for hydroxylation is 2. The van der Waals surface area contributed by atoms with Gasteiger partial charge < -0.3 is 9.14 Å². The van der Waals surface area contributed by atoms with E-state index in [1.807, 2.05) is 43.6 Å². The molecule has 0 spiro atoms. The van der Waals surface area contributed by atoms with Crippen LogP contribution in [0, 0.1) is 32.4 Å². The molecule has 7 heteroatoms. The summed E-state index contributed by atoms with van der Waals surface area (Å²) in [4.78, 5) is 4.33. The van der Waals surface area contributed by atoms with Gasteiger partial charge in [-0.3, -0.25) is 4.68 Å². The summed E-state index contributed by atoms with van der Waals surface area (Å²) in [6, 6.07) is 6.32. The van der Waals surface area contributed by atoms with Gasteiger partial charge in [-0.05, 0) is 57.0 Å². The summed E-state index contributed by atoms with van der Waals surface area (Å²) < 4.78 is 38.2. The Labute approximate surface area is 173 Å².